The maximum atomic E-state index is 12.6. The number of carbonyl (C=O) groups excluding carboxylic acids is 2. The van der Waals surface area contributed by atoms with Gasteiger partial charge in [0.05, 0.1) is 44.8 Å². The Morgan fingerprint density at radius 1 is 0.857 bits per heavy atom. The van der Waals surface area contributed by atoms with Crippen molar-refractivity contribution < 1.29 is 14.3 Å². The average molecular weight is 345 g/mol. The zero-order chi connectivity index (χ0) is 14.9. The summed E-state index contributed by atoms with van der Waals surface area (Å²) in [5.41, 5.74) is 0.273. The third kappa shape index (κ3) is 1.73. The average Bonchev–Trinajstić information content (AvgIpc) is 3.09. The Hall–Kier alpha value is -1.07. The van der Waals surface area contributed by atoms with Gasteiger partial charge in [-0.2, -0.15) is 0 Å². The molecule has 3 heterocycles. The zero-order valence-electron chi connectivity index (χ0n) is 10.4. The number of halogens is 3. The van der Waals surface area contributed by atoms with Gasteiger partial charge >= 0.3 is 0 Å². The van der Waals surface area contributed by atoms with Crippen LogP contribution in [-0.2, 0) is 14.3 Å². The lowest BCUT2D eigenvalue weighted by atomic mass is 9.85. The summed E-state index contributed by atoms with van der Waals surface area (Å²) in [4.78, 5) is 26.3. The molecule has 2 fully saturated rings. The van der Waals surface area contributed by atoms with Crippen LogP contribution in [0.2, 0.25) is 15.1 Å². The van der Waals surface area contributed by atoms with Crippen molar-refractivity contribution >= 4 is 52.3 Å². The Morgan fingerprint density at radius 2 is 1.38 bits per heavy atom. The third-order valence-corrected chi connectivity index (χ3v) is 5.17. The lowest BCUT2D eigenvalue weighted by Crippen LogP contribution is -2.34. The fourth-order valence-electron chi connectivity index (χ4n) is 3.22. The van der Waals surface area contributed by atoms with Crippen LogP contribution in [0.1, 0.15) is 0 Å². The first-order chi connectivity index (χ1) is 9.99. The van der Waals surface area contributed by atoms with E-state index in [1.165, 1.54) is 12.1 Å². The van der Waals surface area contributed by atoms with E-state index in [0.717, 1.165) is 4.90 Å². The molecule has 1 aromatic carbocycles. The summed E-state index contributed by atoms with van der Waals surface area (Å²) in [6.07, 6.45) is 3.00. The summed E-state index contributed by atoms with van der Waals surface area (Å²) in [5.74, 6) is -1.56. The van der Waals surface area contributed by atoms with Crippen molar-refractivity contribution in [3.63, 3.8) is 0 Å². The van der Waals surface area contributed by atoms with Crippen LogP contribution < -0.4 is 4.90 Å². The topological polar surface area (TPSA) is 46.6 Å². The van der Waals surface area contributed by atoms with Gasteiger partial charge < -0.3 is 4.74 Å². The molecule has 3 aliphatic rings. The molecule has 1 aromatic rings. The molecule has 0 spiro atoms. The summed E-state index contributed by atoms with van der Waals surface area (Å²) >= 11 is 18.0. The Balaban J connectivity index is 1.80. The lowest BCUT2D eigenvalue weighted by Gasteiger charge is -2.19. The number of anilines is 1. The van der Waals surface area contributed by atoms with Gasteiger partial charge in [0.15, 0.2) is 0 Å². The molecule has 4 unspecified atom stereocenters. The minimum Gasteiger partial charge on any atom is -0.365 e. The Kier molecular flexibility index (Phi) is 2.89. The van der Waals surface area contributed by atoms with Gasteiger partial charge in [0.1, 0.15) is 0 Å². The summed E-state index contributed by atoms with van der Waals surface area (Å²) in [6, 6.07) is 2.87. The second-order valence-electron chi connectivity index (χ2n) is 5.23. The summed E-state index contributed by atoms with van der Waals surface area (Å²) in [7, 11) is 0. The van der Waals surface area contributed by atoms with E-state index in [4.69, 9.17) is 39.5 Å². The van der Waals surface area contributed by atoms with Crippen LogP contribution in [0.25, 0.3) is 0 Å². The van der Waals surface area contributed by atoms with Crippen LogP contribution in [0.4, 0.5) is 5.69 Å². The fourth-order valence-corrected chi connectivity index (χ4v) is 3.85. The van der Waals surface area contributed by atoms with E-state index in [-0.39, 0.29) is 44.8 Å². The van der Waals surface area contributed by atoms with Crippen molar-refractivity contribution in [1.82, 2.24) is 0 Å². The van der Waals surface area contributed by atoms with Gasteiger partial charge in [-0.3, -0.25) is 9.59 Å². The van der Waals surface area contributed by atoms with Crippen molar-refractivity contribution in [2.75, 3.05) is 4.90 Å². The number of carbonyl (C=O) groups is 2. The lowest BCUT2D eigenvalue weighted by molar-refractivity contribution is -0.124. The van der Waals surface area contributed by atoms with Gasteiger partial charge in [0, 0.05) is 0 Å². The van der Waals surface area contributed by atoms with E-state index in [2.05, 4.69) is 0 Å². The maximum absolute atomic E-state index is 12.6. The number of hydrogen-bond acceptors (Lipinski definition) is 3. The molecule has 21 heavy (non-hydrogen) atoms. The number of ether oxygens (including phenoxy) is 1. The van der Waals surface area contributed by atoms with E-state index in [1.807, 2.05) is 12.2 Å². The standard InChI is InChI=1S/C14H8Cl3NO3/c15-5-3-7(17)8(4-6(5)16)18-13(19)11-9-1-2-10(21-9)12(11)14(18)20/h1-4,9-12H. The Labute approximate surface area is 135 Å². The number of rotatable bonds is 1. The molecule has 0 saturated carbocycles. The SMILES string of the molecule is O=C1C2C3C=CC(O3)C2C(=O)N1c1cc(Cl)c(Cl)cc1Cl. The Bertz CT molecular complexity index is 688. The Morgan fingerprint density at radius 3 is 1.95 bits per heavy atom. The molecule has 0 aliphatic carbocycles. The zero-order valence-corrected chi connectivity index (χ0v) is 12.7. The third-order valence-electron chi connectivity index (χ3n) is 4.14. The molecule has 2 amide bonds. The van der Waals surface area contributed by atoms with Crippen molar-refractivity contribution in [1.29, 1.82) is 0 Å². The molecule has 108 valence electrons. The van der Waals surface area contributed by atoms with Crippen LogP contribution in [0, 0.1) is 11.8 Å². The minimum atomic E-state index is -0.474. The quantitative estimate of drug-likeness (QED) is 0.447. The number of benzene rings is 1. The molecule has 4 atom stereocenters. The molecule has 0 aromatic heterocycles. The van der Waals surface area contributed by atoms with E-state index in [9.17, 15) is 9.59 Å². The molecule has 0 radical (unpaired) electrons. The number of imide groups is 1. The second kappa shape index (κ2) is 4.46. The highest BCUT2D eigenvalue weighted by Crippen LogP contribution is 2.48. The van der Waals surface area contributed by atoms with Gasteiger partial charge in [-0.1, -0.05) is 47.0 Å². The van der Waals surface area contributed by atoms with Gasteiger partial charge in [-0.25, -0.2) is 4.90 Å². The van der Waals surface area contributed by atoms with Crippen LogP contribution in [0.3, 0.4) is 0 Å². The largest absolute Gasteiger partial charge is 0.365 e. The minimum absolute atomic E-state index is 0.215. The molecule has 7 heteroatoms. The molecule has 2 bridgehead atoms. The van der Waals surface area contributed by atoms with Crippen LogP contribution in [0.5, 0.6) is 0 Å². The summed E-state index contributed by atoms with van der Waals surface area (Å²) < 4.78 is 5.58. The predicted molar refractivity (Wildman–Crippen MR) is 78.7 cm³/mol. The van der Waals surface area contributed by atoms with E-state index >= 15 is 0 Å². The summed E-state index contributed by atoms with van der Waals surface area (Å²) in [5, 5.41) is 0.730. The predicted octanol–water partition coefficient (Wildman–Crippen LogP) is 3.09. The van der Waals surface area contributed by atoms with Crippen molar-refractivity contribution in [3.8, 4) is 0 Å². The van der Waals surface area contributed by atoms with Crippen molar-refractivity contribution in [2.45, 2.75) is 12.2 Å². The van der Waals surface area contributed by atoms with E-state index < -0.39 is 11.8 Å². The highest BCUT2D eigenvalue weighted by Gasteiger charge is 2.61. The molecule has 2 saturated heterocycles. The van der Waals surface area contributed by atoms with Crippen LogP contribution >= 0.6 is 34.8 Å². The second-order valence-corrected chi connectivity index (χ2v) is 6.45. The number of amides is 2. The summed E-state index contributed by atoms with van der Waals surface area (Å²) in [6.45, 7) is 0. The number of hydrogen-bond donors (Lipinski definition) is 0. The van der Waals surface area contributed by atoms with Crippen molar-refractivity contribution in [2.24, 2.45) is 11.8 Å². The maximum Gasteiger partial charge on any atom is 0.240 e. The van der Waals surface area contributed by atoms with Crippen LogP contribution in [0.15, 0.2) is 24.3 Å². The molecule has 0 N–H and O–H groups in total. The molecule has 3 aliphatic heterocycles. The number of nitrogens with zero attached hydrogens (tertiary/aromatic N) is 1. The first-order valence-corrected chi connectivity index (χ1v) is 7.48. The smallest absolute Gasteiger partial charge is 0.240 e. The van der Waals surface area contributed by atoms with Gasteiger partial charge in [-0.05, 0) is 12.1 Å². The van der Waals surface area contributed by atoms with E-state index in [1.54, 1.807) is 0 Å². The first-order valence-electron chi connectivity index (χ1n) is 6.35. The monoisotopic (exact) mass is 343 g/mol. The highest BCUT2D eigenvalue weighted by molar-refractivity contribution is 6.44. The normalized spacial score (nSPS) is 33.2. The van der Waals surface area contributed by atoms with Gasteiger partial charge in [0.2, 0.25) is 11.8 Å². The molecular weight excluding hydrogens is 337 g/mol. The van der Waals surface area contributed by atoms with Gasteiger partial charge in [0.25, 0.3) is 0 Å². The molecule has 4 nitrogen and oxygen atoms in total. The highest BCUT2D eigenvalue weighted by atomic mass is 35.5. The first kappa shape index (κ1) is 13.6. The van der Waals surface area contributed by atoms with Gasteiger partial charge in [-0.15, -0.1) is 0 Å². The van der Waals surface area contributed by atoms with Crippen LogP contribution in [-0.4, -0.2) is 24.0 Å². The molecular formula is C14H8Cl3NO3. The number of fused-ring (bicyclic) bond motifs is 5. The fraction of sp³-hybridized carbons (Fsp3) is 0.286. The van der Waals surface area contributed by atoms with E-state index in [0.29, 0.717) is 0 Å². The van der Waals surface area contributed by atoms with Crippen molar-refractivity contribution in [3.05, 3.63) is 39.4 Å². The molecule has 4 rings (SSSR count).